The maximum Gasteiger partial charge on any atom is 0.128 e. The molecular formula is C10H17N3. The van der Waals surface area contributed by atoms with Gasteiger partial charge in [-0.3, -0.25) is 0 Å². The van der Waals surface area contributed by atoms with Crippen molar-refractivity contribution in [3.63, 3.8) is 0 Å². The molecule has 3 heteroatoms. The van der Waals surface area contributed by atoms with Crippen molar-refractivity contribution in [3.8, 4) is 0 Å². The topological polar surface area (TPSA) is 51.8 Å². The van der Waals surface area contributed by atoms with E-state index < -0.39 is 0 Å². The quantitative estimate of drug-likeness (QED) is 0.741. The highest BCUT2D eigenvalue weighted by Crippen LogP contribution is 2.00. The monoisotopic (exact) mass is 179 g/mol. The Bertz CT molecular complexity index is 230. The van der Waals surface area contributed by atoms with E-state index in [-0.39, 0.29) is 0 Å². The van der Waals surface area contributed by atoms with Gasteiger partial charge in [-0.05, 0) is 24.9 Å². The van der Waals surface area contributed by atoms with Gasteiger partial charge in [0.05, 0.1) is 0 Å². The van der Waals surface area contributed by atoms with Gasteiger partial charge in [-0.1, -0.05) is 13.3 Å². The van der Waals surface area contributed by atoms with E-state index in [2.05, 4.69) is 16.9 Å². The molecule has 13 heavy (non-hydrogen) atoms. The van der Waals surface area contributed by atoms with Gasteiger partial charge in [0.1, 0.15) is 5.82 Å². The van der Waals surface area contributed by atoms with Crippen molar-refractivity contribution in [1.29, 1.82) is 0 Å². The summed E-state index contributed by atoms with van der Waals surface area (Å²) in [6.45, 7) is 2.83. The Hall–Kier alpha value is -0.960. The van der Waals surface area contributed by atoms with E-state index in [0.29, 0.717) is 6.54 Å². The van der Waals surface area contributed by atoms with Crippen molar-refractivity contribution < 1.29 is 0 Å². The Labute approximate surface area is 79.4 Å². The molecule has 0 fully saturated rings. The van der Waals surface area contributed by atoms with Crippen molar-refractivity contribution >= 4 is 0 Å². The first-order chi connectivity index (χ1) is 6.36. The summed E-state index contributed by atoms with van der Waals surface area (Å²) >= 11 is 0. The van der Waals surface area contributed by atoms with Crippen molar-refractivity contribution in [2.75, 3.05) is 6.54 Å². The van der Waals surface area contributed by atoms with Crippen LogP contribution < -0.4 is 5.73 Å². The second-order valence-corrected chi connectivity index (χ2v) is 3.15. The minimum Gasteiger partial charge on any atom is -0.330 e. The molecule has 0 aromatic carbocycles. The van der Waals surface area contributed by atoms with Crippen LogP contribution in [0.15, 0.2) is 12.4 Å². The average molecular weight is 179 g/mol. The van der Waals surface area contributed by atoms with Gasteiger partial charge >= 0.3 is 0 Å². The normalized spacial score (nSPS) is 10.3. The summed E-state index contributed by atoms with van der Waals surface area (Å²) in [6, 6.07) is 0. The zero-order chi connectivity index (χ0) is 9.52. The number of aromatic nitrogens is 2. The molecule has 1 heterocycles. The molecule has 0 aliphatic rings. The van der Waals surface area contributed by atoms with Gasteiger partial charge in [-0.25, -0.2) is 9.97 Å². The Morgan fingerprint density at radius 3 is 2.46 bits per heavy atom. The van der Waals surface area contributed by atoms with E-state index >= 15 is 0 Å². The summed E-state index contributed by atoms with van der Waals surface area (Å²) in [7, 11) is 0. The molecule has 0 radical (unpaired) electrons. The lowest BCUT2D eigenvalue weighted by Crippen LogP contribution is -2.04. The van der Waals surface area contributed by atoms with Gasteiger partial charge in [0.25, 0.3) is 0 Å². The predicted molar refractivity (Wildman–Crippen MR) is 53.4 cm³/mol. The average Bonchev–Trinajstić information content (AvgIpc) is 2.17. The van der Waals surface area contributed by atoms with Crippen molar-refractivity contribution in [1.82, 2.24) is 9.97 Å². The van der Waals surface area contributed by atoms with Gasteiger partial charge in [0.2, 0.25) is 0 Å². The molecule has 3 nitrogen and oxygen atoms in total. The molecule has 1 rings (SSSR count). The molecule has 0 aliphatic heterocycles. The van der Waals surface area contributed by atoms with Crippen LogP contribution in [0, 0.1) is 0 Å². The number of rotatable bonds is 5. The minimum absolute atomic E-state index is 0.664. The molecule has 0 atom stereocenters. The Kier molecular flexibility index (Phi) is 4.40. The molecule has 72 valence electrons. The molecule has 0 saturated carbocycles. The van der Waals surface area contributed by atoms with Crippen LogP contribution in [0.4, 0.5) is 0 Å². The van der Waals surface area contributed by atoms with E-state index in [4.69, 9.17) is 5.73 Å². The van der Waals surface area contributed by atoms with E-state index in [1.165, 1.54) is 6.42 Å². The maximum absolute atomic E-state index is 5.42. The van der Waals surface area contributed by atoms with E-state index in [1.807, 2.05) is 12.4 Å². The van der Waals surface area contributed by atoms with Gasteiger partial charge in [-0.15, -0.1) is 0 Å². The largest absolute Gasteiger partial charge is 0.330 e. The lowest BCUT2D eigenvalue weighted by Gasteiger charge is -2.00. The SMILES string of the molecule is CCCCc1ncc(CCN)cn1. The third-order valence-corrected chi connectivity index (χ3v) is 1.95. The predicted octanol–water partition coefficient (Wildman–Crippen LogP) is 1.32. The minimum atomic E-state index is 0.664. The summed E-state index contributed by atoms with van der Waals surface area (Å²) in [5, 5.41) is 0. The molecule has 0 saturated heterocycles. The molecule has 0 bridgehead atoms. The molecular weight excluding hydrogens is 162 g/mol. The van der Waals surface area contributed by atoms with Crippen LogP contribution in [0.25, 0.3) is 0 Å². The fourth-order valence-electron chi connectivity index (χ4n) is 1.14. The van der Waals surface area contributed by atoms with Crippen molar-refractivity contribution in [3.05, 3.63) is 23.8 Å². The number of aryl methyl sites for hydroxylation is 1. The highest BCUT2D eigenvalue weighted by atomic mass is 14.9. The molecule has 0 spiro atoms. The number of hydrogen-bond donors (Lipinski definition) is 1. The highest BCUT2D eigenvalue weighted by molar-refractivity contribution is 5.05. The molecule has 0 unspecified atom stereocenters. The van der Waals surface area contributed by atoms with Crippen molar-refractivity contribution in [2.24, 2.45) is 5.73 Å². The van der Waals surface area contributed by atoms with Gasteiger partial charge in [-0.2, -0.15) is 0 Å². The van der Waals surface area contributed by atoms with Gasteiger partial charge in [0, 0.05) is 18.8 Å². The molecule has 1 aromatic rings. The molecule has 1 aromatic heterocycles. The van der Waals surface area contributed by atoms with E-state index in [0.717, 1.165) is 30.7 Å². The molecule has 0 amide bonds. The Morgan fingerprint density at radius 2 is 1.92 bits per heavy atom. The highest BCUT2D eigenvalue weighted by Gasteiger charge is 1.96. The number of nitrogens with zero attached hydrogens (tertiary/aromatic N) is 2. The smallest absolute Gasteiger partial charge is 0.128 e. The zero-order valence-corrected chi connectivity index (χ0v) is 8.16. The number of nitrogens with two attached hydrogens (primary N) is 1. The first-order valence-electron chi connectivity index (χ1n) is 4.86. The van der Waals surface area contributed by atoms with Crippen LogP contribution in [0.5, 0.6) is 0 Å². The zero-order valence-electron chi connectivity index (χ0n) is 8.16. The fraction of sp³-hybridized carbons (Fsp3) is 0.600. The summed E-state index contributed by atoms with van der Waals surface area (Å²) in [6.07, 6.45) is 7.97. The third-order valence-electron chi connectivity index (χ3n) is 1.95. The summed E-state index contributed by atoms with van der Waals surface area (Å²) in [5.41, 5.74) is 6.55. The second-order valence-electron chi connectivity index (χ2n) is 3.15. The van der Waals surface area contributed by atoms with Crippen molar-refractivity contribution in [2.45, 2.75) is 32.6 Å². The number of unbranched alkanes of at least 4 members (excludes halogenated alkanes) is 1. The lowest BCUT2D eigenvalue weighted by atomic mass is 10.2. The van der Waals surface area contributed by atoms with Crippen LogP contribution in [0.1, 0.15) is 31.2 Å². The third kappa shape index (κ3) is 3.51. The van der Waals surface area contributed by atoms with Crippen LogP contribution in [-0.4, -0.2) is 16.5 Å². The van der Waals surface area contributed by atoms with Gasteiger partial charge < -0.3 is 5.73 Å². The first kappa shape index (κ1) is 10.1. The summed E-state index contributed by atoms with van der Waals surface area (Å²) in [5.74, 6) is 0.947. The Morgan fingerprint density at radius 1 is 1.23 bits per heavy atom. The first-order valence-corrected chi connectivity index (χ1v) is 4.86. The van der Waals surface area contributed by atoms with Crippen LogP contribution in [0.3, 0.4) is 0 Å². The summed E-state index contributed by atoms with van der Waals surface area (Å²) < 4.78 is 0. The fourth-order valence-corrected chi connectivity index (χ4v) is 1.14. The van der Waals surface area contributed by atoms with Gasteiger partial charge in [0.15, 0.2) is 0 Å². The van der Waals surface area contributed by atoms with Crippen LogP contribution in [-0.2, 0) is 12.8 Å². The second kappa shape index (κ2) is 5.65. The molecule has 0 aliphatic carbocycles. The lowest BCUT2D eigenvalue weighted by molar-refractivity contribution is 0.747. The van der Waals surface area contributed by atoms with Crippen LogP contribution in [0.2, 0.25) is 0 Å². The number of hydrogen-bond acceptors (Lipinski definition) is 3. The van der Waals surface area contributed by atoms with E-state index in [9.17, 15) is 0 Å². The maximum atomic E-state index is 5.42. The summed E-state index contributed by atoms with van der Waals surface area (Å²) in [4.78, 5) is 8.54. The van der Waals surface area contributed by atoms with Crippen LogP contribution >= 0.6 is 0 Å². The standard InChI is InChI=1S/C10H17N3/c1-2-3-4-10-12-7-9(5-6-11)8-13-10/h7-8H,2-6,11H2,1H3. The Balaban J connectivity index is 2.48. The molecule has 2 N–H and O–H groups in total. The van der Waals surface area contributed by atoms with E-state index in [1.54, 1.807) is 0 Å².